The molecule has 0 aliphatic carbocycles. The van der Waals surface area contributed by atoms with E-state index in [1.807, 2.05) is 34.2 Å². The highest BCUT2D eigenvalue weighted by Gasteiger charge is 2.33. The van der Waals surface area contributed by atoms with E-state index in [1.54, 1.807) is 0 Å². The van der Waals surface area contributed by atoms with Gasteiger partial charge in [0.15, 0.2) is 5.71 Å². The van der Waals surface area contributed by atoms with Crippen molar-refractivity contribution in [3.63, 3.8) is 0 Å². The second kappa shape index (κ2) is 6.26. The fourth-order valence-corrected chi connectivity index (χ4v) is 2.69. The van der Waals surface area contributed by atoms with Crippen LogP contribution in [0.1, 0.15) is 25.3 Å². The molecule has 1 fully saturated rings. The highest BCUT2D eigenvalue weighted by molar-refractivity contribution is 6.54. The number of fused-ring (bicyclic) bond motifs is 1. The molecule has 1 amide bonds. The quantitative estimate of drug-likeness (QED) is 0.849. The van der Waals surface area contributed by atoms with Gasteiger partial charge in [-0.05, 0) is 12.5 Å². The van der Waals surface area contributed by atoms with E-state index in [-0.39, 0.29) is 5.91 Å². The number of hydrazone groups is 1. The van der Waals surface area contributed by atoms with Gasteiger partial charge in [-0.2, -0.15) is 5.10 Å². The zero-order valence-corrected chi connectivity index (χ0v) is 12.4. The third kappa shape index (κ3) is 2.78. The minimum Gasteiger partial charge on any atom is -0.378 e. The summed E-state index contributed by atoms with van der Waals surface area (Å²) >= 11 is 0. The van der Waals surface area contributed by atoms with Gasteiger partial charge in [0.05, 0.1) is 32.0 Å². The molecule has 5 nitrogen and oxygen atoms in total. The zero-order valence-electron chi connectivity index (χ0n) is 12.4. The summed E-state index contributed by atoms with van der Waals surface area (Å²) in [5.74, 6) is 0.0242. The highest BCUT2D eigenvalue weighted by atomic mass is 16.5. The third-order valence-electron chi connectivity index (χ3n) is 3.86. The number of anilines is 1. The fourth-order valence-electron chi connectivity index (χ4n) is 2.69. The average molecular weight is 287 g/mol. The molecule has 1 aromatic rings. The molecule has 2 heterocycles. The van der Waals surface area contributed by atoms with Crippen molar-refractivity contribution >= 4 is 17.3 Å². The van der Waals surface area contributed by atoms with E-state index in [4.69, 9.17) is 4.74 Å². The summed E-state index contributed by atoms with van der Waals surface area (Å²) in [4.78, 5) is 14.5. The van der Waals surface area contributed by atoms with Crippen LogP contribution in [0.3, 0.4) is 0 Å². The number of carbonyl (C=O) groups excluding carboxylic acids is 1. The minimum atomic E-state index is 0.0242. The molecule has 2 aliphatic rings. The van der Waals surface area contributed by atoms with Gasteiger partial charge in [0.25, 0.3) is 5.91 Å². The van der Waals surface area contributed by atoms with E-state index in [1.165, 1.54) is 0 Å². The highest BCUT2D eigenvalue weighted by Crippen LogP contribution is 2.29. The number of benzene rings is 1. The average Bonchev–Trinajstić information content (AvgIpc) is 2.79. The van der Waals surface area contributed by atoms with Crippen LogP contribution in [0.4, 0.5) is 5.69 Å². The Balaban J connectivity index is 1.90. The third-order valence-corrected chi connectivity index (χ3v) is 3.86. The van der Waals surface area contributed by atoms with Crippen LogP contribution in [0.2, 0.25) is 0 Å². The molecule has 5 heteroatoms. The number of hydrogen-bond donors (Lipinski definition) is 0. The lowest BCUT2D eigenvalue weighted by Gasteiger charge is -2.24. The number of unbranched alkanes of at least 4 members (excludes halogenated alkanes) is 1. The molecule has 0 N–H and O–H groups in total. The van der Waals surface area contributed by atoms with Gasteiger partial charge in [-0.15, -0.1) is 0 Å². The largest absolute Gasteiger partial charge is 0.378 e. The van der Waals surface area contributed by atoms with Gasteiger partial charge in [-0.3, -0.25) is 9.80 Å². The van der Waals surface area contributed by atoms with Gasteiger partial charge in [0.2, 0.25) is 0 Å². The maximum absolute atomic E-state index is 12.7. The van der Waals surface area contributed by atoms with E-state index >= 15 is 0 Å². The Hall–Kier alpha value is -1.88. The van der Waals surface area contributed by atoms with Crippen LogP contribution in [0.15, 0.2) is 29.4 Å². The van der Waals surface area contributed by atoms with Gasteiger partial charge in [0.1, 0.15) is 0 Å². The summed E-state index contributed by atoms with van der Waals surface area (Å²) in [7, 11) is 0. The van der Waals surface area contributed by atoms with Crippen molar-refractivity contribution < 1.29 is 9.53 Å². The lowest BCUT2D eigenvalue weighted by Crippen LogP contribution is -2.36. The van der Waals surface area contributed by atoms with Crippen molar-refractivity contribution in [2.24, 2.45) is 5.10 Å². The smallest absolute Gasteiger partial charge is 0.279 e. The molecule has 0 saturated carbocycles. The number of para-hydroxylation sites is 1. The van der Waals surface area contributed by atoms with Crippen molar-refractivity contribution in [3.8, 4) is 0 Å². The number of ether oxygens (including phenoxy) is 1. The van der Waals surface area contributed by atoms with Gasteiger partial charge in [-0.1, -0.05) is 31.5 Å². The summed E-state index contributed by atoms with van der Waals surface area (Å²) in [6.07, 6.45) is 2.08. The summed E-state index contributed by atoms with van der Waals surface area (Å²) in [5, 5.41) is 6.54. The molecule has 21 heavy (non-hydrogen) atoms. The number of morpholine rings is 1. The lowest BCUT2D eigenvalue weighted by atomic mass is 10.1. The molecule has 1 saturated heterocycles. The first-order valence-corrected chi connectivity index (χ1v) is 7.64. The Labute approximate surface area is 125 Å². The summed E-state index contributed by atoms with van der Waals surface area (Å²) < 4.78 is 5.33. The van der Waals surface area contributed by atoms with Gasteiger partial charge in [0, 0.05) is 12.1 Å². The first-order chi connectivity index (χ1) is 10.3. The van der Waals surface area contributed by atoms with E-state index in [2.05, 4.69) is 12.0 Å². The molecule has 3 rings (SSSR count). The van der Waals surface area contributed by atoms with E-state index in [9.17, 15) is 4.79 Å². The molecular weight excluding hydrogens is 266 g/mol. The van der Waals surface area contributed by atoms with Crippen LogP contribution < -0.4 is 4.90 Å². The Morgan fingerprint density at radius 2 is 2.00 bits per heavy atom. The van der Waals surface area contributed by atoms with Crippen molar-refractivity contribution in [2.45, 2.75) is 19.8 Å². The molecule has 2 aliphatic heterocycles. The monoisotopic (exact) mass is 287 g/mol. The molecule has 0 bridgehead atoms. The number of hydrogen-bond acceptors (Lipinski definition) is 4. The standard InChI is InChI=1S/C16H21N3O2/c1-2-3-8-19-14-7-5-4-6-13(14)15(16(19)20)17-18-9-11-21-12-10-18/h4-7H,2-3,8-12H2,1H3/b17-15+. The first-order valence-electron chi connectivity index (χ1n) is 7.64. The van der Waals surface area contributed by atoms with Crippen molar-refractivity contribution in [1.82, 2.24) is 5.01 Å². The summed E-state index contributed by atoms with van der Waals surface area (Å²) in [5.41, 5.74) is 2.51. The fraction of sp³-hybridized carbons (Fsp3) is 0.500. The van der Waals surface area contributed by atoms with Crippen molar-refractivity contribution in [2.75, 3.05) is 37.7 Å². The Bertz CT molecular complexity index is 550. The summed E-state index contributed by atoms with van der Waals surface area (Å²) in [6, 6.07) is 7.93. The molecule has 0 spiro atoms. The Morgan fingerprint density at radius 3 is 2.76 bits per heavy atom. The second-order valence-corrected chi connectivity index (χ2v) is 5.34. The van der Waals surface area contributed by atoms with Crippen LogP contribution in [0, 0.1) is 0 Å². The second-order valence-electron chi connectivity index (χ2n) is 5.34. The maximum Gasteiger partial charge on any atom is 0.279 e. The van der Waals surface area contributed by atoms with Gasteiger partial charge < -0.3 is 9.64 Å². The van der Waals surface area contributed by atoms with E-state index < -0.39 is 0 Å². The molecule has 0 atom stereocenters. The van der Waals surface area contributed by atoms with Crippen molar-refractivity contribution in [3.05, 3.63) is 29.8 Å². The Kier molecular flexibility index (Phi) is 4.20. The number of nitrogens with zero attached hydrogens (tertiary/aromatic N) is 3. The van der Waals surface area contributed by atoms with Crippen LogP contribution in [0.5, 0.6) is 0 Å². The molecule has 112 valence electrons. The van der Waals surface area contributed by atoms with Crippen LogP contribution >= 0.6 is 0 Å². The molecule has 0 unspecified atom stereocenters. The molecule has 1 aromatic carbocycles. The molecular formula is C16H21N3O2. The van der Waals surface area contributed by atoms with Crippen LogP contribution in [-0.4, -0.2) is 49.5 Å². The van der Waals surface area contributed by atoms with Crippen molar-refractivity contribution in [1.29, 1.82) is 0 Å². The lowest BCUT2D eigenvalue weighted by molar-refractivity contribution is -0.112. The predicted octanol–water partition coefficient (Wildman–Crippen LogP) is 1.87. The topological polar surface area (TPSA) is 45.1 Å². The predicted molar refractivity (Wildman–Crippen MR) is 82.6 cm³/mol. The number of carbonyl (C=O) groups is 1. The van der Waals surface area contributed by atoms with Gasteiger partial charge in [-0.25, -0.2) is 0 Å². The zero-order chi connectivity index (χ0) is 14.7. The van der Waals surface area contributed by atoms with Crippen LogP contribution in [-0.2, 0) is 9.53 Å². The summed E-state index contributed by atoms with van der Waals surface area (Å²) in [6.45, 7) is 5.73. The van der Waals surface area contributed by atoms with Crippen LogP contribution in [0.25, 0.3) is 0 Å². The number of amides is 1. The van der Waals surface area contributed by atoms with Gasteiger partial charge >= 0.3 is 0 Å². The van der Waals surface area contributed by atoms with E-state index in [0.717, 1.165) is 43.7 Å². The molecule has 0 aromatic heterocycles. The SMILES string of the molecule is CCCCN1C(=O)/C(=N/N2CCOCC2)c2ccccc21. The minimum absolute atomic E-state index is 0.0242. The normalized spacial score (nSPS) is 20.2. The molecule has 0 radical (unpaired) electrons. The first kappa shape index (κ1) is 14.1. The van der Waals surface area contributed by atoms with E-state index in [0.29, 0.717) is 18.9 Å². The number of rotatable bonds is 4. The Morgan fingerprint density at radius 1 is 1.24 bits per heavy atom. The maximum atomic E-state index is 12.7.